The van der Waals surface area contributed by atoms with Crippen molar-refractivity contribution in [3.8, 4) is 0 Å². The largest absolute Gasteiger partial charge is 0.377 e. The fourth-order valence-electron chi connectivity index (χ4n) is 2.41. The first-order valence-corrected chi connectivity index (χ1v) is 7.05. The van der Waals surface area contributed by atoms with Crippen LogP contribution in [-0.4, -0.2) is 29.0 Å². The van der Waals surface area contributed by atoms with Gasteiger partial charge in [-0.2, -0.15) is 5.10 Å². The molecule has 1 saturated heterocycles. The summed E-state index contributed by atoms with van der Waals surface area (Å²) in [6.45, 7) is 4.46. The van der Waals surface area contributed by atoms with Gasteiger partial charge < -0.3 is 10.1 Å². The molecule has 0 spiro atoms. The van der Waals surface area contributed by atoms with Crippen LogP contribution < -0.4 is 5.32 Å². The van der Waals surface area contributed by atoms with E-state index in [2.05, 4.69) is 10.4 Å². The molecule has 0 saturated carbocycles. The van der Waals surface area contributed by atoms with E-state index in [1.165, 1.54) is 19.3 Å². The van der Waals surface area contributed by atoms with Crippen molar-refractivity contribution in [1.82, 2.24) is 15.1 Å². The topological polar surface area (TPSA) is 39.1 Å². The van der Waals surface area contributed by atoms with Gasteiger partial charge in [0.2, 0.25) is 0 Å². The maximum atomic E-state index is 6.15. The zero-order valence-electron chi connectivity index (χ0n) is 11.2. The van der Waals surface area contributed by atoms with Crippen LogP contribution in [0.15, 0.2) is 0 Å². The third kappa shape index (κ3) is 3.46. The quantitative estimate of drug-likeness (QED) is 0.836. The number of aromatic nitrogens is 2. The SMILES string of the molecule is Cc1nn(C)c(Cl)c1COCCC1CCCCN1. The molecular formula is C13H22ClN3O. The van der Waals surface area contributed by atoms with Crippen LogP contribution in [0.3, 0.4) is 0 Å². The molecule has 0 amide bonds. The van der Waals surface area contributed by atoms with Gasteiger partial charge in [-0.25, -0.2) is 0 Å². The lowest BCUT2D eigenvalue weighted by atomic mass is 10.0. The summed E-state index contributed by atoms with van der Waals surface area (Å²) in [5.74, 6) is 0. The molecule has 1 aliphatic rings. The highest BCUT2D eigenvalue weighted by Gasteiger charge is 2.13. The Hall–Kier alpha value is -0.580. The maximum Gasteiger partial charge on any atom is 0.132 e. The zero-order chi connectivity index (χ0) is 13.0. The Bertz CT molecular complexity index is 386. The number of ether oxygens (including phenoxy) is 1. The average Bonchev–Trinajstić information content (AvgIpc) is 2.61. The molecule has 1 atom stereocenters. The predicted molar refractivity (Wildman–Crippen MR) is 72.9 cm³/mol. The second kappa shape index (κ2) is 6.55. The standard InChI is InChI=1S/C13H22ClN3O/c1-10-12(13(14)17(2)16-10)9-18-8-6-11-5-3-4-7-15-11/h11,15H,3-9H2,1-2H3. The summed E-state index contributed by atoms with van der Waals surface area (Å²) in [5.41, 5.74) is 1.97. The van der Waals surface area contributed by atoms with E-state index in [4.69, 9.17) is 16.3 Å². The molecule has 18 heavy (non-hydrogen) atoms. The lowest BCUT2D eigenvalue weighted by molar-refractivity contribution is 0.108. The molecular weight excluding hydrogens is 250 g/mol. The lowest BCUT2D eigenvalue weighted by Crippen LogP contribution is -2.34. The Balaban J connectivity index is 1.71. The van der Waals surface area contributed by atoms with E-state index in [0.29, 0.717) is 17.8 Å². The van der Waals surface area contributed by atoms with Crippen LogP contribution in [0.4, 0.5) is 0 Å². The van der Waals surface area contributed by atoms with Crippen LogP contribution in [0.1, 0.15) is 36.9 Å². The number of nitrogens with zero attached hydrogens (tertiary/aromatic N) is 2. The third-order valence-corrected chi connectivity index (χ3v) is 4.01. The number of rotatable bonds is 5. The first kappa shape index (κ1) is 13.8. The van der Waals surface area contributed by atoms with Crippen molar-refractivity contribution in [3.05, 3.63) is 16.4 Å². The second-order valence-electron chi connectivity index (χ2n) is 4.97. The van der Waals surface area contributed by atoms with Crippen molar-refractivity contribution >= 4 is 11.6 Å². The summed E-state index contributed by atoms with van der Waals surface area (Å²) < 4.78 is 7.41. The Morgan fingerprint density at radius 1 is 1.50 bits per heavy atom. The Morgan fingerprint density at radius 3 is 2.94 bits per heavy atom. The van der Waals surface area contributed by atoms with E-state index >= 15 is 0 Å². The fraction of sp³-hybridized carbons (Fsp3) is 0.769. The number of nitrogens with one attached hydrogen (secondary N) is 1. The van der Waals surface area contributed by atoms with Crippen LogP contribution in [0, 0.1) is 6.92 Å². The third-order valence-electron chi connectivity index (χ3n) is 3.54. The molecule has 1 aromatic rings. The molecule has 1 N–H and O–H groups in total. The highest BCUT2D eigenvalue weighted by molar-refractivity contribution is 6.30. The summed E-state index contributed by atoms with van der Waals surface area (Å²) in [7, 11) is 1.85. The number of piperidine rings is 1. The lowest BCUT2D eigenvalue weighted by Gasteiger charge is -2.23. The second-order valence-corrected chi connectivity index (χ2v) is 5.32. The van der Waals surface area contributed by atoms with Crippen molar-refractivity contribution in [2.75, 3.05) is 13.2 Å². The van der Waals surface area contributed by atoms with Gasteiger partial charge in [0.15, 0.2) is 0 Å². The van der Waals surface area contributed by atoms with E-state index in [0.717, 1.165) is 30.8 Å². The van der Waals surface area contributed by atoms with Crippen molar-refractivity contribution in [2.45, 2.75) is 45.3 Å². The van der Waals surface area contributed by atoms with Gasteiger partial charge in [-0.05, 0) is 32.7 Å². The number of halogens is 1. The summed E-state index contributed by atoms with van der Waals surface area (Å²) in [6.07, 6.45) is 5.00. The molecule has 1 aliphatic heterocycles. The molecule has 2 rings (SSSR count). The Labute approximate surface area is 114 Å². The fourth-order valence-corrected chi connectivity index (χ4v) is 2.64. The number of aryl methyl sites for hydroxylation is 2. The molecule has 0 aromatic carbocycles. The molecule has 1 fully saturated rings. The van der Waals surface area contributed by atoms with Crippen LogP contribution in [0.25, 0.3) is 0 Å². The van der Waals surface area contributed by atoms with E-state index < -0.39 is 0 Å². The van der Waals surface area contributed by atoms with Crippen LogP contribution in [-0.2, 0) is 18.4 Å². The highest BCUT2D eigenvalue weighted by Crippen LogP contribution is 2.19. The smallest absolute Gasteiger partial charge is 0.132 e. The van der Waals surface area contributed by atoms with Gasteiger partial charge in [-0.15, -0.1) is 0 Å². The van der Waals surface area contributed by atoms with Crippen LogP contribution in [0.2, 0.25) is 5.15 Å². The average molecular weight is 272 g/mol. The normalized spacial score (nSPS) is 20.3. The summed E-state index contributed by atoms with van der Waals surface area (Å²) in [5, 5.41) is 8.48. The highest BCUT2D eigenvalue weighted by atomic mass is 35.5. The minimum absolute atomic E-state index is 0.561. The van der Waals surface area contributed by atoms with Gasteiger partial charge in [0.05, 0.1) is 12.3 Å². The van der Waals surface area contributed by atoms with Gasteiger partial charge in [-0.3, -0.25) is 4.68 Å². The first-order valence-electron chi connectivity index (χ1n) is 6.67. The van der Waals surface area contributed by atoms with E-state index in [1.54, 1.807) is 4.68 Å². The van der Waals surface area contributed by atoms with E-state index in [9.17, 15) is 0 Å². The Morgan fingerprint density at radius 2 is 2.33 bits per heavy atom. The maximum absolute atomic E-state index is 6.15. The van der Waals surface area contributed by atoms with Gasteiger partial charge in [-0.1, -0.05) is 18.0 Å². The molecule has 1 unspecified atom stereocenters. The minimum atomic E-state index is 0.561. The van der Waals surface area contributed by atoms with Crippen molar-refractivity contribution in [3.63, 3.8) is 0 Å². The number of hydrogen-bond donors (Lipinski definition) is 1. The molecule has 5 heteroatoms. The monoisotopic (exact) mass is 271 g/mol. The van der Waals surface area contributed by atoms with Crippen LogP contribution >= 0.6 is 11.6 Å². The van der Waals surface area contributed by atoms with Crippen LogP contribution in [0.5, 0.6) is 0 Å². The summed E-state index contributed by atoms with van der Waals surface area (Å²) >= 11 is 6.15. The van der Waals surface area contributed by atoms with Crippen molar-refractivity contribution < 1.29 is 4.74 Å². The molecule has 2 heterocycles. The molecule has 102 valence electrons. The molecule has 0 radical (unpaired) electrons. The molecule has 0 aliphatic carbocycles. The predicted octanol–water partition coefficient (Wildman–Crippen LogP) is 2.43. The summed E-state index contributed by atoms with van der Waals surface area (Å²) in [6, 6.07) is 0.629. The van der Waals surface area contributed by atoms with Gasteiger partial charge in [0.1, 0.15) is 5.15 Å². The van der Waals surface area contributed by atoms with Crippen molar-refractivity contribution in [2.24, 2.45) is 7.05 Å². The molecule has 0 bridgehead atoms. The van der Waals surface area contributed by atoms with Gasteiger partial charge in [0.25, 0.3) is 0 Å². The number of hydrogen-bond acceptors (Lipinski definition) is 3. The van der Waals surface area contributed by atoms with Gasteiger partial charge in [0, 0.05) is 25.3 Å². The van der Waals surface area contributed by atoms with Gasteiger partial charge >= 0.3 is 0 Å². The molecule has 4 nitrogen and oxygen atoms in total. The summed E-state index contributed by atoms with van der Waals surface area (Å²) in [4.78, 5) is 0. The van der Waals surface area contributed by atoms with Crippen molar-refractivity contribution in [1.29, 1.82) is 0 Å². The zero-order valence-corrected chi connectivity index (χ0v) is 12.0. The van der Waals surface area contributed by atoms with E-state index in [-0.39, 0.29) is 0 Å². The molecule has 1 aromatic heterocycles. The first-order chi connectivity index (χ1) is 8.68. The van der Waals surface area contributed by atoms with E-state index in [1.807, 2.05) is 14.0 Å². The Kier molecular flexibility index (Phi) is 5.03. The minimum Gasteiger partial charge on any atom is -0.377 e.